The highest BCUT2D eigenvalue weighted by Gasteiger charge is 2.08. The summed E-state index contributed by atoms with van der Waals surface area (Å²) in [5.41, 5.74) is 3.02. The standard InChI is InChI=1S/C18H16Br2N2O5/c1-11(23)27-16-5-3-12(7-17(16)25-2)9-21-22-18(24)10-26-15-6-4-13(19)8-14(15)20/h3-9H,10H2,1-2H3,(H,22,24)/b21-9+. The number of hydrogen-bond donors (Lipinski definition) is 1. The highest BCUT2D eigenvalue weighted by molar-refractivity contribution is 9.11. The van der Waals surface area contributed by atoms with Crippen LogP contribution in [0.25, 0.3) is 0 Å². The molecule has 0 saturated carbocycles. The molecule has 0 saturated heterocycles. The maximum absolute atomic E-state index is 11.8. The summed E-state index contributed by atoms with van der Waals surface area (Å²) in [6.45, 7) is 1.12. The van der Waals surface area contributed by atoms with Gasteiger partial charge in [0, 0.05) is 11.4 Å². The van der Waals surface area contributed by atoms with Gasteiger partial charge in [0.1, 0.15) is 5.75 Å². The number of halogens is 2. The highest BCUT2D eigenvalue weighted by atomic mass is 79.9. The SMILES string of the molecule is COc1cc(/C=N/NC(=O)COc2ccc(Br)cc2Br)ccc1OC(C)=O. The topological polar surface area (TPSA) is 86.2 Å². The van der Waals surface area contributed by atoms with Crippen LogP contribution in [0.5, 0.6) is 17.2 Å². The van der Waals surface area contributed by atoms with Crippen LogP contribution in [0.15, 0.2) is 50.4 Å². The fourth-order valence-electron chi connectivity index (χ4n) is 1.95. The molecule has 142 valence electrons. The highest BCUT2D eigenvalue weighted by Crippen LogP contribution is 2.28. The molecule has 1 N–H and O–H groups in total. The van der Waals surface area contributed by atoms with Crippen LogP contribution >= 0.6 is 31.9 Å². The predicted octanol–water partition coefficient (Wildman–Crippen LogP) is 3.67. The normalized spacial score (nSPS) is 10.5. The van der Waals surface area contributed by atoms with Crippen LogP contribution in [-0.2, 0) is 9.59 Å². The van der Waals surface area contributed by atoms with Gasteiger partial charge in [-0.1, -0.05) is 15.9 Å². The molecule has 0 spiro atoms. The summed E-state index contributed by atoms with van der Waals surface area (Å²) in [6.07, 6.45) is 1.44. The minimum Gasteiger partial charge on any atom is -0.493 e. The molecule has 2 aromatic carbocycles. The van der Waals surface area contributed by atoms with Gasteiger partial charge in [-0.3, -0.25) is 9.59 Å². The van der Waals surface area contributed by atoms with E-state index in [1.165, 1.54) is 20.2 Å². The summed E-state index contributed by atoms with van der Waals surface area (Å²) in [7, 11) is 1.46. The predicted molar refractivity (Wildman–Crippen MR) is 107 cm³/mol. The third-order valence-corrected chi connectivity index (χ3v) is 4.21. The Kier molecular flexibility index (Phi) is 7.81. The quantitative estimate of drug-likeness (QED) is 0.272. The minimum atomic E-state index is -0.445. The van der Waals surface area contributed by atoms with Crippen LogP contribution in [0.2, 0.25) is 0 Å². The summed E-state index contributed by atoms with van der Waals surface area (Å²) in [4.78, 5) is 22.9. The van der Waals surface area contributed by atoms with Gasteiger partial charge in [-0.05, 0) is 57.9 Å². The summed E-state index contributed by atoms with van der Waals surface area (Å²) in [5, 5.41) is 3.87. The number of amides is 1. The summed E-state index contributed by atoms with van der Waals surface area (Å²) in [6, 6.07) is 10.2. The Morgan fingerprint density at radius 3 is 2.52 bits per heavy atom. The maximum atomic E-state index is 11.8. The average Bonchev–Trinajstić information content (AvgIpc) is 2.61. The van der Waals surface area contributed by atoms with Gasteiger partial charge in [-0.15, -0.1) is 0 Å². The fourth-order valence-corrected chi connectivity index (χ4v) is 3.11. The number of rotatable bonds is 7. The van der Waals surface area contributed by atoms with E-state index in [0.29, 0.717) is 22.8 Å². The lowest BCUT2D eigenvalue weighted by Crippen LogP contribution is -2.24. The lowest BCUT2D eigenvalue weighted by molar-refractivity contribution is -0.132. The van der Waals surface area contributed by atoms with Crippen molar-refractivity contribution in [3.63, 3.8) is 0 Å². The van der Waals surface area contributed by atoms with E-state index < -0.39 is 11.9 Å². The number of methoxy groups -OCH3 is 1. The number of carbonyl (C=O) groups excluding carboxylic acids is 2. The Hall–Kier alpha value is -2.39. The second kappa shape index (κ2) is 10.1. The number of esters is 1. The third kappa shape index (κ3) is 6.69. The Labute approximate surface area is 172 Å². The van der Waals surface area contributed by atoms with Gasteiger partial charge in [-0.2, -0.15) is 5.10 Å². The van der Waals surface area contributed by atoms with E-state index >= 15 is 0 Å². The number of benzene rings is 2. The molecule has 7 nitrogen and oxygen atoms in total. The van der Waals surface area contributed by atoms with Crippen molar-refractivity contribution in [1.82, 2.24) is 5.43 Å². The average molecular weight is 500 g/mol. The lowest BCUT2D eigenvalue weighted by atomic mass is 10.2. The van der Waals surface area contributed by atoms with E-state index in [-0.39, 0.29) is 6.61 Å². The van der Waals surface area contributed by atoms with Gasteiger partial charge in [0.05, 0.1) is 17.8 Å². The molecule has 27 heavy (non-hydrogen) atoms. The summed E-state index contributed by atoms with van der Waals surface area (Å²) >= 11 is 6.70. The van der Waals surface area contributed by atoms with Gasteiger partial charge in [0.15, 0.2) is 18.1 Å². The van der Waals surface area contributed by atoms with Gasteiger partial charge >= 0.3 is 5.97 Å². The largest absolute Gasteiger partial charge is 0.493 e. The zero-order valence-corrected chi connectivity index (χ0v) is 17.7. The maximum Gasteiger partial charge on any atom is 0.308 e. The molecular weight excluding hydrogens is 484 g/mol. The van der Waals surface area contributed by atoms with Crippen LogP contribution in [-0.4, -0.2) is 31.8 Å². The Morgan fingerprint density at radius 1 is 1.11 bits per heavy atom. The van der Waals surface area contributed by atoms with Crippen molar-refractivity contribution in [3.8, 4) is 17.2 Å². The van der Waals surface area contributed by atoms with Crippen molar-refractivity contribution >= 4 is 50.0 Å². The number of hydrogen-bond acceptors (Lipinski definition) is 6. The van der Waals surface area contributed by atoms with Crippen molar-refractivity contribution in [3.05, 3.63) is 50.9 Å². The molecule has 9 heteroatoms. The second-order valence-corrected chi connectivity index (χ2v) is 6.93. The molecule has 2 rings (SSSR count). The summed E-state index contributed by atoms with van der Waals surface area (Å²) < 4.78 is 17.2. The molecule has 0 atom stereocenters. The minimum absolute atomic E-state index is 0.188. The van der Waals surface area contributed by atoms with Crippen LogP contribution in [0.3, 0.4) is 0 Å². The number of ether oxygens (including phenoxy) is 3. The van der Waals surface area contributed by atoms with Gasteiger partial charge in [0.25, 0.3) is 5.91 Å². The molecule has 0 aromatic heterocycles. The molecule has 0 unspecified atom stereocenters. The van der Waals surface area contributed by atoms with Crippen molar-refractivity contribution in [2.24, 2.45) is 5.10 Å². The van der Waals surface area contributed by atoms with E-state index in [2.05, 4.69) is 42.4 Å². The van der Waals surface area contributed by atoms with Crippen LogP contribution < -0.4 is 19.6 Å². The van der Waals surface area contributed by atoms with Gasteiger partial charge < -0.3 is 14.2 Å². The molecule has 0 aliphatic carbocycles. The molecule has 0 fully saturated rings. The van der Waals surface area contributed by atoms with Crippen molar-refractivity contribution in [1.29, 1.82) is 0 Å². The first kappa shape index (κ1) is 20.9. The first-order chi connectivity index (χ1) is 12.9. The Morgan fingerprint density at radius 2 is 1.85 bits per heavy atom. The molecule has 0 aliphatic heterocycles. The molecule has 0 radical (unpaired) electrons. The number of nitrogens with one attached hydrogen (secondary N) is 1. The number of carbonyl (C=O) groups is 2. The first-order valence-electron chi connectivity index (χ1n) is 7.65. The zero-order chi connectivity index (χ0) is 19.8. The molecule has 0 bridgehead atoms. The number of nitrogens with zero attached hydrogens (tertiary/aromatic N) is 1. The van der Waals surface area contributed by atoms with Gasteiger partial charge in [0.2, 0.25) is 0 Å². The smallest absolute Gasteiger partial charge is 0.308 e. The molecule has 1 amide bonds. The van der Waals surface area contributed by atoms with Crippen LogP contribution in [0, 0.1) is 0 Å². The first-order valence-corrected chi connectivity index (χ1v) is 9.24. The molecule has 2 aromatic rings. The summed E-state index contributed by atoms with van der Waals surface area (Å²) in [5.74, 6) is 0.371. The molecule has 0 aliphatic rings. The van der Waals surface area contributed by atoms with E-state index in [1.54, 1.807) is 24.3 Å². The Bertz CT molecular complexity index is 871. The molecular formula is C18H16Br2N2O5. The van der Waals surface area contributed by atoms with Gasteiger partial charge in [-0.25, -0.2) is 5.43 Å². The van der Waals surface area contributed by atoms with E-state index in [1.807, 2.05) is 12.1 Å². The van der Waals surface area contributed by atoms with Crippen molar-refractivity contribution < 1.29 is 23.8 Å². The fraction of sp³-hybridized carbons (Fsp3) is 0.167. The van der Waals surface area contributed by atoms with Crippen molar-refractivity contribution in [2.75, 3.05) is 13.7 Å². The second-order valence-electron chi connectivity index (χ2n) is 5.16. The lowest BCUT2D eigenvalue weighted by Gasteiger charge is -2.08. The van der Waals surface area contributed by atoms with E-state index in [9.17, 15) is 9.59 Å². The van der Waals surface area contributed by atoms with Crippen LogP contribution in [0.4, 0.5) is 0 Å². The molecule has 0 heterocycles. The van der Waals surface area contributed by atoms with E-state index in [4.69, 9.17) is 14.2 Å². The third-order valence-electron chi connectivity index (χ3n) is 3.10. The van der Waals surface area contributed by atoms with Crippen LogP contribution in [0.1, 0.15) is 12.5 Å². The Balaban J connectivity index is 1.90. The number of hydrazone groups is 1. The monoisotopic (exact) mass is 498 g/mol. The van der Waals surface area contributed by atoms with E-state index in [0.717, 1.165) is 8.95 Å². The zero-order valence-electron chi connectivity index (χ0n) is 14.5. The van der Waals surface area contributed by atoms with Crippen molar-refractivity contribution in [2.45, 2.75) is 6.92 Å².